The Kier molecular flexibility index (Phi) is 20.5. The molecule has 70 heavy (non-hydrogen) atoms. The van der Waals surface area contributed by atoms with E-state index in [4.69, 9.17) is 52.1 Å². The van der Waals surface area contributed by atoms with Crippen molar-refractivity contribution in [2.45, 2.75) is 210 Å². The summed E-state index contributed by atoms with van der Waals surface area (Å²) in [6.07, 6.45) is -18.6. The average molecular weight is 1010 g/mol. The summed E-state index contributed by atoms with van der Waals surface area (Å²) in [7, 11) is 7.05. The van der Waals surface area contributed by atoms with Gasteiger partial charge in [0.2, 0.25) is 0 Å². The molecule has 5 fully saturated rings. The maximum atomic E-state index is 14.6. The predicted octanol–water partition coefficient (Wildman–Crippen LogP) is 0.243. The third-order valence-corrected chi connectivity index (χ3v) is 14.9. The third kappa shape index (κ3) is 13.6. The molecule has 1 amide bonds. The molecule has 0 aromatic carbocycles. The molecule has 5 saturated heterocycles. The van der Waals surface area contributed by atoms with Crippen molar-refractivity contribution >= 4 is 18.2 Å². The smallest absolute Gasteiger partial charge is 0.458 e. The van der Waals surface area contributed by atoms with Crippen LogP contribution in [0.5, 0.6) is 0 Å². The van der Waals surface area contributed by atoms with Gasteiger partial charge in [-0.3, -0.25) is 9.69 Å². The number of aliphatic hydroxyl groups excluding tert-OH is 5. The van der Waals surface area contributed by atoms with E-state index < -0.39 is 140 Å². The summed E-state index contributed by atoms with van der Waals surface area (Å²) < 4.78 is 66.7. The molecule has 5 aliphatic rings. The number of rotatable bonds is 13. The molecule has 0 aliphatic carbocycles. The van der Waals surface area contributed by atoms with Crippen molar-refractivity contribution in [1.29, 1.82) is 0 Å². The van der Waals surface area contributed by atoms with Gasteiger partial charge < -0.3 is 93.0 Å². The predicted molar refractivity (Wildman–Crippen MR) is 245 cm³/mol. The van der Waals surface area contributed by atoms with Gasteiger partial charge in [0, 0.05) is 44.6 Å². The van der Waals surface area contributed by atoms with Gasteiger partial charge in [0.15, 0.2) is 37.2 Å². The van der Waals surface area contributed by atoms with Crippen LogP contribution in [0.25, 0.3) is 0 Å². The van der Waals surface area contributed by atoms with Crippen LogP contribution in [-0.4, -0.2) is 235 Å². The normalized spacial score (nSPS) is 45.9. The summed E-state index contributed by atoms with van der Waals surface area (Å²) in [6.45, 7) is 15.5. The van der Waals surface area contributed by atoms with Gasteiger partial charge >= 0.3 is 18.2 Å². The van der Waals surface area contributed by atoms with Gasteiger partial charge in [-0.2, -0.15) is 0 Å². The van der Waals surface area contributed by atoms with E-state index in [-0.39, 0.29) is 56.5 Å². The highest BCUT2D eigenvalue weighted by molar-refractivity contribution is 5.73. The molecule has 0 bridgehead atoms. The standard InChI is InChI=1S/C47H83N3O20/c1-14-29-38-37(67-45(58)68-38)26(6)50(12)20-22(2)18-46(8,59)39(69-43-32(52)28(49(10)11)17-23(3)62-43)24(4)36(25(5)41(56)64-29)66-31-19-47(9,60-13)40(27(7)63-31)70-44(57)48-15-16-61-42-35(55)34(54)33(53)30(21-51)65-42/h22-40,42-43,51-55,59H,14-21H2,1-13H3,(H,48,57)/t22-,23-,24-,25-,26-,27+,28+,29-,30+,31?,32-,33+,34-,35+,36-,37-,38-,39-,40+,42?,43+,46-,47-/m1/s1. The number of cyclic esters (lactones) is 1. The molecule has 0 spiro atoms. The van der Waals surface area contributed by atoms with Crippen molar-refractivity contribution in [3.05, 3.63) is 0 Å². The first-order chi connectivity index (χ1) is 32.8. The number of hydrogen-bond donors (Lipinski definition) is 7. The van der Waals surface area contributed by atoms with Crippen LogP contribution < -0.4 is 5.32 Å². The van der Waals surface area contributed by atoms with E-state index in [1.165, 1.54) is 7.11 Å². The van der Waals surface area contributed by atoms with Crippen molar-refractivity contribution < 1.29 is 97.1 Å². The van der Waals surface area contributed by atoms with Crippen molar-refractivity contribution in [3.63, 3.8) is 0 Å². The number of alkyl carbamates (subject to hydrolysis) is 1. The van der Waals surface area contributed by atoms with Crippen LogP contribution in [0.2, 0.25) is 0 Å². The second kappa shape index (κ2) is 24.6. The van der Waals surface area contributed by atoms with Crippen LogP contribution in [-0.2, 0) is 56.9 Å². The number of carbonyl (C=O) groups excluding carboxylic acids is 3. The minimum atomic E-state index is -1.64. The van der Waals surface area contributed by atoms with Crippen molar-refractivity contribution in [2.24, 2.45) is 17.8 Å². The van der Waals surface area contributed by atoms with Crippen LogP contribution in [0.4, 0.5) is 9.59 Å². The topological polar surface area (TPSA) is 293 Å². The molecule has 406 valence electrons. The van der Waals surface area contributed by atoms with E-state index in [1.807, 2.05) is 58.6 Å². The summed E-state index contributed by atoms with van der Waals surface area (Å²) in [5.74, 6) is -2.82. The van der Waals surface area contributed by atoms with E-state index >= 15 is 0 Å². The average Bonchev–Trinajstić information content (AvgIpc) is 3.69. The van der Waals surface area contributed by atoms with E-state index in [2.05, 4.69) is 5.32 Å². The lowest BCUT2D eigenvalue weighted by molar-refractivity contribution is -0.317. The minimum Gasteiger partial charge on any atom is -0.458 e. The Morgan fingerprint density at radius 1 is 0.857 bits per heavy atom. The summed E-state index contributed by atoms with van der Waals surface area (Å²) in [4.78, 5) is 44.4. The second-order valence-electron chi connectivity index (χ2n) is 20.8. The Morgan fingerprint density at radius 2 is 1.53 bits per heavy atom. The first-order valence-corrected chi connectivity index (χ1v) is 24.7. The highest BCUT2D eigenvalue weighted by atomic mass is 16.8. The van der Waals surface area contributed by atoms with Crippen molar-refractivity contribution in [3.8, 4) is 0 Å². The number of likely N-dealkylation sites (N-methyl/N-ethyl adjacent to an activating group) is 2. The summed E-state index contributed by atoms with van der Waals surface area (Å²) >= 11 is 0. The first kappa shape index (κ1) is 58.3. The third-order valence-electron chi connectivity index (χ3n) is 14.9. The maximum Gasteiger partial charge on any atom is 0.509 e. The molecule has 23 atom stereocenters. The number of carbonyl (C=O) groups is 3. The number of hydrogen-bond acceptors (Lipinski definition) is 22. The monoisotopic (exact) mass is 1010 g/mol. The number of esters is 1. The number of aliphatic hydroxyl groups is 6. The molecule has 2 unspecified atom stereocenters. The maximum absolute atomic E-state index is 14.6. The number of nitrogens with one attached hydrogen (secondary N) is 1. The van der Waals surface area contributed by atoms with Crippen LogP contribution >= 0.6 is 0 Å². The van der Waals surface area contributed by atoms with Gasteiger partial charge in [0.1, 0.15) is 42.2 Å². The van der Waals surface area contributed by atoms with Gasteiger partial charge in [-0.15, -0.1) is 0 Å². The molecule has 0 aromatic heterocycles. The molecule has 23 nitrogen and oxygen atoms in total. The zero-order valence-electron chi connectivity index (χ0n) is 43.1. The summed E-state index contributed by atoms with van der Waals surface area (Å²) in [5, 5.41) is 66.9. The molecule has 0 radical (unpaired) electrons. The Bertz CT molecular complexity index is 1700. The van der Waals surface area contributed by atoms with Crippen LogP contribution in [0.15, 0.2) is 0 Å². The zero-order valence-corrected chi connectivity index (χ0v) is 43.1. The summed E-state index contributed by atoms with van der Waals surface area (Å²) in [6, 6.07) is -0.714. The molecule has 0 aromatic rings. The molecule has 5 rings (SSSR count). The Balaban J connectivity index is 1.41. The lowest BCUT2D eigenvalue weighted by atomic mass is 9.77. The number of methoxy groups -OCH3 is 1. The van der Waals surface area contributed by atoms with Gasteiger partial charge in [-0.25, -0.2) is 9.59 Å². The Morgan fingerprint density at radius 3 is 2.16 bits per heavy atom. The fourth-order valence-corrected chi connectivity index (χ4v) is 10.8. The first-order valence-electron chi connectivity index (χ1n) is 24.7. The van der Waals surface area contributed by atoms with Crippen molar-refractivity contribution in [2.75, 3.05) is 54.6 Å². The van der Waals surface area contributed by atoms with E-state index in [0.29, 0.717) is 13.0 Å². The number of ether oxygens (including phenoxy) is 11. The number of nitrogens with zero attached hydrogens (tertiary/aromatic N) is 2. The molecule has 5 aliphatic heterocycles. The fourth-order valence-electron chi connectivity index (χ4n) is 10.8. The van der Waals surface area contributed by atoms with E-state index in [9.17, 15) is 45.0 Å². The van der Waals surface area contributed by atoms with E-state index in [0.717, 1.165) is 0 Å². The van der Waals surface area contributed by atoms with E-state index in [1.54, 1.807) is 34.6 Å². The molecule has 0 saturated carbocycles. The van der Waals surface area contributed by atoms with Crippen molar-refractivity contribution in [1.82, 2.24) is 15.1 Å². The second-order valence-corrected chi connectivity index (χ2v) is 20.8. The molecule has 7 N–H and O–H groups in total. The van der Waals surface area contributed by atoms with Crippen LogP contribution in [0.1, 0.15) is 88.0 Å². The highest BCUT2D eigenvalue weighted by Gasteiger charge is 2.54. The molecular weight excluding hydrogens is 927 g/mol. The van der Waals surface area contributed by atoms with Crippen LogP contribution in [0.3, 0.4) is 0 Å². The van der Waals surface area contributed by atoms with Gasteiger partial charge in [0.05, 0.1) is 49.1 Å². The zero-order chi connectivity index (χ0) is 52.2. The fraction of sp³-hybridized carbons (Fsp3) is 0.936. The van der Waals surface area contributed by atoms with Crippen LogP contribution in [0, 0.1) is 17.8 Å². The lowest BCUT2D eigenvalue weighted by Crippen LogP contribution is -2.61. The molecular formula is C47H83N3O20. The largest absolute Gasteiger partial charge is 0.509 e. The molecule has 5 heterocycles. The van der Waals surface area contributed by atoms with Gasteiger partial charge in [-0.1, -0.05) is 20.8 Å². The SMILES string of the molecule is CC[C@H]1OC(=O)[C@H](C)[C@H](OC2C[C@@](C)(OC)[C@@H](OC(=O)NCCOC3O[C@@H](CO)[C@H](O)[C@@H](O)[C@@H]3O)[C@H](C)O2)[C@@H](C)[C@@H](O[C@@H]2O[C@H](C)C[C@H](N(C)C)[C@H]2O)[C@](C)(O)C[C@@H](C)CN(C)[C@H](C)[C@H]2OC(=O)O[C@@H]21. The highest BCUT2D eigenvalue weighted by Crippen LogP contribution is 2.41. The minimum absolute atomic E-state index is 0.0265. The quantitative estimate of drug-likeness (QED) is 0.0739. The Labute approximate surface area is 411 Å². The number of fused-ring (bicyclic) bond motifs is 1. The lowest BCUT2D eigenvalue weighted by Gasteiger charge is -2.49. The Hall–Kier alpha value is -2.59. The molecule has 23 heteroatoms. The summed E-state index contributed by atoms with van der Waals surface area (Å²) in [5.41, 5.74) is -2.89. The number of amides is 1. The van der Waals surface area contributed by atoms with Gasteiger partial charge in [0.25, 0.3) is 0 Å². The van der Waals surface area contributed by atoms with Gasteiger partial charge in [-0.05, 0) is 87.9 Å².